The molecule has 2 aromatic carbocycles. The number of aliphatic hydroxyl groups excluding tert-OH is 1. The van der Waals surface area contributed by atoms with Gasteiger partial charge in [-0.25, -0.2) is 4.99 Å². The van der Waals surface area contributed by atoms with Crippen molar-refractivity contribution in [2.45, 2.75) is 25.8 Å². The van der Waals surface area contributed by atoms with Gasteiger partial charge in [-0.1, -0.05) is 41.9 Å². The number of nitrogens with one attached hydrogen (secondary N) is 2. The largest absolute Gasteiger partial charge is 0.489 e. The molecule has 0 aliphatic carbocycles. The molecule has 0 bridgehead atoms. The SMILES string of the molecule is CCNC(=NCc1cc(Cl)c2c(c1)OCCCO2)NCC(CO)c1ccccc1. The fourth-order valence-electron chi connectivity index (χ4n) is 3.12. The molecule has 0 fully saturated rings. The lowest BCUT2D eigenvalue weighted by molar-refractivity contribution is 0.265. The van der Waals surface area contributed by atoms with Crippen LogP contribution in [0.3, 0.4) is 0 Å². The maximum Gasteiger partial charge on any atom is 0.191 e. The second kappa shape index (κ2) is 10.9. The number of guanidine groups is 1. The predicted molar refractivity (Wildman–Crippen MR) is 116 cm³/mol. The average Bonchev–Trinajstić information content (AvgIpc) is 2.99. The average molecular weight is 418 g/mol. The summed E-state index contributed by atoms with van der Waals surface area (Å²) in [5, 5.41) is 16.9. The van der Waals surface area contributed by atoms with Gasteiger partial charge in [-0.15, -0.1) is 0 Å². The Labute approximate surface area is 176 Å². The third kappa shape index (κ3) is 6.02. The third-order valence-corrected chi connectivity index (χ3v) is 4.91. The van der Waals surface area contributed by atoms with Crippen molar-refractivity contribution in [2.75, 3.05) is 32.9 Å². The molecule has 29 heavy (non-hydrogen) atoms. The molecule has 2 aromatic rings. The van der Waals surface area contributed by atoms with Gasteiger partial charge in [0, 0.05) is 25.4 Å². The highest BCUT2D eigenvalue weighted by atomic mass is 35.5. The molecule has 6 nitrogen and oxygen atoms in total. The minimum absolute atomic E-state index is 0.00690. The third-order valence-electron chi connectivity index (χ3n) is 4.63. The van der Waals surface area contributed by atoms with Gasteiger partial charge < -0.3 is 25.2 Å². The van der Waals surface area contributed by atoms with Crippen LogP contribution in [0.1, 0.15) is 30.4 Å². The molecular formula is C22H28ClN3O3. The Morgan fingerprint density at radius 1 is 1.17 bits per heavy atom. The van der Waals surface area contributed by atoms with Crippen molar-refractivity contribution in [3.05, 3.63) is 58.6 Å². The van der Waals surface area contributed by atoms with Gasteiger partial charge in [0.2, 0.25) is 0 Å². The lowest BCUT2D eigenvalue weighted by atomic mass is 10.0. The number of halogens is 1. The second-order valence-electron chi connectivity index (χ2n) is 6.82. The first kappa shape index (κ1) is 21.3. The maximum atomic E-state index is 9.76. The van der Waals surface area contributed by atoms with E-state index in [0.29, 0.717) is 48.8 Å². The minimum Gasteiger partial charge on any atom is -0.489 e. The second-order valence-corrected chi connectivity index (χ2v) is 7.23. The van der Waals surface area contributed by atoms with Crippen LogP contribution in [0.5, 0.6) is 11.5 Å². The van der Waals surface area contributed by atoms with Crippen LogP contribution in [0.25, 0.3) is 0 Å². The Morgan fingerprint density at radius 3 is 2.72 bits per heavy atom. The lowest BCUT2D eigenvalue weighted by Gasteiger charge is -2.18. The summed E-state index contributed by atoms with van der Waals surface area (Å²) in [5.74, 6) is 1.95. The molecule has 0 aromatic heterocycles. The van der Waals surface area contributed by atoms with E-state index in [2.05, 4.69) is 15.6 Å². The summed E-state index contributed by atoms with van der Waals surface area (Å²) in [6.45, 7) is 5.06. The van der Waals surface area contributed by atoms with Crippen LogP contribution in [0.15, 0.2) is 47.5 Å². The van der Waals surface area contributed by atoms with Crippen LogP contribution in [0, 0.1) is 0 Å². The summed E-state index contributed by atoms with van der Waals surface area (Å²) in [5.41, 5.74) is 2.03. The molecule has 3 N–H and O–H groups in total. The number of fused-ring (bicyclic) bond motifs is 1. The van der Waals surface area contributed by atoms with Gasteiger partial charge in [-0.3, -0.25) is 0 Å². The molecule has 0 saturated heterocycles. The Balaban J connectivity index is 1.67. The molecule has 1 atom stereocenters. The molecule has 0 spiro atoms. The molecule has 0 saturated carbocycles. The predicted octanol–water partition coefficient (Wildman–Crippen LogP) is 3.33. The summed E-state index contributed by atoms with van der Waals surface area (Å²) in [4.78, 5) is 4.65. The molecule has 0 amide bonds. The number of hydrogen-bond donors (Lipinski definition) is 3. The van der Waals surface area contributed by atoms with E-state index in [0.717, 1.165) is 24.1 Å². The maximum absolute atomic E-state index is 9.76. The summed E-state index contributed by atoms with van der Waals surface area (Å²) in [6, 6.07) is 13.8. The topological polar surface area (TPSA) is 75.1 Å². The molecule has 1 heterocycles. The van der Waals surface area contributed by atoms with E-state index in [-0.39, 0.29) is 12.5 Å². The lowest BCUT2D eigenvalue weighted by Crippen LogP contribution is -2.39. The van der Waals surface area contributed by atoms with Gasteiger partial charge >= 0.3 is 0 Å². The van der Waals surface area contributed by atoms with Crippen LogP contribution in [0.4, 0.5) is 0 Å². The zero-order valence-corrected chi connectivity index (χ0v) is 17.4. The number of nitrogens with zero attached hydrogens (tertiary/aromatic N) is 1. The van der Waals surface area contributed by atoms with Gasteiger partial charge in [0.15, 0.2) is 17.5 Å². The Bertz CT molecular complexity index is 814. The summed E-state index contributed by atoms with van der Waals surface area (Å²) in [6.07, 6.45) is 0.834. The first-order valence-corrected chi connectivity index (χ1v) is 10.3. The minimum atomic E-state index is -0.00690. The van der Waals surface area contributed by atoms with Crippen molar-refractivity contribution in [1.82, 2.24) is 10.6 Å². The van der Waals surface area contributed by atoms with E-state index in [1.165, 1.54) is 0 Å². The van der Waals surface area contributed by atoms with Crippen LogP contribution in [0.2, 0.25) is 5.02 Å². The van der Waals surface area contributed by atoms with E-state index in [1.54, 1.807) is 0 Å². The van der Waals surface area contributed by atoms with Crippen LogP contribution in [-0.4, -0.2) is 44.0 Å². The Hall–Kier alpha value is -2.44. The molecule has 1 aliphatic heterocycles. The van der Waals surface area contributed by atoms with Gasteiger partial charge in [0.05, 0.1) is 31.4 Å². The van der Waals surface area contributed by atoms with Crippen molar-refractivity contribution in [2.24, 2.45) is 4.99 Å². The van der Waals surface area contributed by atoms with Crippen molar-refractivity contribution >= 4 is 17.6 Å². The molecule has 7 heteroatoms. The summed E-state index contributed by atoms with van der Waals surface area (Å²) in [7, 11) is 0. The zero-order chi connectivity index (χ0) is 20.5. The molecule has 156 valence electrons. The summed E-state index contributed by atoms with van der Waals surface area (Å²) < 4.78 is 11.4. The number of rotatable bonds is 7. The number of ether oxygens (including phenoxy) is 2. The van der Waals surface area contributed by atoms with Crippen molar-refractivity contribution in [3.8, 4) is 11.5 Å². The fraction of sp³-hybridized carbons (Fsp3) is 0.409. The highest BCUT2D eigenvalue weighted by molar-refractivity contribution is 6.32. The van der Waals surface area contributed by atoms with Crippen molar-refractivity contribution in [1.29, 1.82) is 0 Å². The quantitative estimate of drug-likeness (QED) is 0.476. The highest BCUT2D eigenvalue weighted by Gasteiger charge is 2.16. The number of hydrogen-bond acceptors (Lipinski definition) is 4. The first-order chi connectivity index (χ1) is 14.2. The number of benzene rings is 2. The van der Waals surface area contributed by atoms with Gasteiger partial charge in [0.1, 0.15) is 0 Å². The Kier molecular flexibility index (Phi) is 8.02. The van der Waals surface area contributed by atoms with Gasteiger partial charge in [0.25, 0.3) is 0 Å². The van der Waals surface area contributed by atoms with Crippen LogP contribution >= 0.6 is 11.6 Å². The van der Waals surface area contributed by atoms with E-state index in [9.17, 15) is 5.11 Å². The van der Waals surface area contributed by atoms with E-state index >= 15 is 0 Å². The van der Waals surface area contributed by atoms with E-state index < -0.39 is 0 Å². The molecule has 1 aliphatic rings. The first-order valence-electron chi connectivity index (χ1n) is 9.97. The van der Waals surface area contributed by atoms with Crippen molar-refractivity contribution < 1.29 is 14.6 Å². The molecule has 0 radical (unpaired) electrons. The zero-order valence-electron chi connectivity index (χ0n) is 16.7. The summed E-state index contributed by atoms with van der Waals surface area (Å²) >= 11 is 6.37. The molecular weight excluding hydrogens is 390 g/mol. The highest BCUT2D eigenvalue weighted by Crippen LogP contribution is 2.38. The number of aliphatic hydroxyl groups is 1. The number of aliphatic imine (C=N–C) groups is 1. The van der Waals surface area contributed by atoms with Crippen LogP contribution < -0.4 is 20.1 Å². The van der Waals surface area contributed by atoms with Gasteiger partial charge in [-0.2, -0.15) is 0 Å². The van der Waals surface area contributed by atoms with E-state index in [4.69, 9.17) is 21.1 Å². The smallest absolute Gasteiger partial charge is 0.191 e. The van der Waals surface area contributed by atoms with Crippen molar-refractivity contribution in [3.63, 3.8) is 0 Å². The standard InChI is InChI=1S/C22H28ClN3O3/c1-2-24-22(26-14-18(15-27)17-7-4-3-5-8-17)25-13-16-11-19(23)21-20(12-16)28-9-6-10-29-21/h3-5,7-8,11-12,18,27H,2,6,9-10,13-15H2,1H3,(H2,24,25,26). The van der Waals surface area contributed by atoms with E-state index in [1.807, 2.05) is 49.4 Å². The van der Waals surface area contributed by atoms with Gasteiger partial charge in [-0.05, 0) is 30.2 Å². The molecule has 1 unspecified atom stereocenters. The molecule has 3 rings (SSSR count). The van der Waals surface area contributed by atoms with Crippen LogP contribution in [-0.2, 0) is 6.54 Å². The Morgan fingerprint density at radius 2 is 1.97 bits per heavy atom. The monoisotopic (exact) mass is 417 g/mol. The normalized spacial score (nSPS) is 14.8. The fourth-order valence-corrected chi connectivity index (χ4v) is 3.41.